The van der Waals surface area contributed by atoms with Crippen molar-refractivity contribution in [3.8, 4) is 0 Å². The number of benzene rings is 3. The summed E-state index contributed by atoms with van der Waals surface area (Å²) in [5, 5.41) is 0.563. The molecule has 4 heteroatoms. The van der Waals surface area contributed by atoms with E-state index in [4.69, 9.17) is 11.6 Å². The summed E-state index contributed by atoms with van der Waals surface area (Å²) in [6, 6.07) is 26.0. The van der Waals surface area contributed by atoms with Gasteiger partial charge in [-0.1, -0.05) is 59.6 Å². The molecule has 1 fully saturated rings. The number of hydrogen-bond donors (Lipinski definition) is 0. The molecule has 0 N–H and O–H groups in total. The fourth-order valence-electron chi connectivity index (χ4n) is 3.20. The van der Waals surface area contributed by atoms with Gasteiger partial charge in [0.05, 0.1) is 6.04 Å². The lowest BCUT2D eigenvalue weighted by molar-refractivity contribution is -0.123. The summed E-state index contributed by atoms with van der Waals surface area (Å²) < 4.78 is 0. The number of thioether (sulfide) groups is 1. The molecule has 0 saturated carbocycles. The lowest BCUT2D eigenvalue weighted by Gasteiger charge is -2.47. The number of hydrogen-bond acceptors (Lipinski definition) is 2. The van der Waals surface area contributed by atoms with E-state index in [1.165, 1.54) is 5.56 Å². The fourth-order valence-corrected chi connectivity index (χ4v) is 4.56. The Labute approximate surface area is 162 Å². The van der Waals surface area contributed by atoms with Crippen molar-refractivity contribution in [1.29, 1.82) is 0 Å². The highest BCUT2D eigenvalue weighted by molar-refractivity contribution is 8.00. The molecule has 3 aromatic rings. The van der Waals surface area contributed by atoms with Crippen LogP contribution in [0.15, 0.2) is 83.8 Å². The molecule has 0 aliphatic carbocycles. The van der Waals surface area contributed by atoms with Crippen molar-refractivity contribution in [2.24, 2.45) is 0 Å². The van der Waals surface area contributed by atoms with Gasteiger partial charge in [0.1, 0.15) is 5.25 Å². The zero-order valence-electron chi connectivity index (χ0n) is 14.3. The Hall–Kier alpha value is -2.23. The summed E-state index contributed by atoms with van der Waals surface area (Å²) in [6.45, 7) is 2.05. The molecule has 4 rings (SSSR count). The summed E-state index contributed by atoms with van der Waals surface area (Å²) >= 11 is 7.68. The summed E-state index contributed by atoms with van der Waals surface area (Å²) in [6.07, 6.45) is 0. The number of carbonyl (C=O) groups is 1. The second-order valence-corrected chi connectivity index (χ2v) is 8.04. The van der Waals surface area contributed by atoms with Crippen LogP contribution in [0, 0.1) is 6.92 Å². The van der Waals surface area contributed by atoms with Gasteiger partial charge < -0.3 is 4.90 Å². The van der Waals surface area contributed by atoms with Gasteiger partial charge in [-0.15, -0.1) is 11.8 Å². The Kier molecular flexibility index (Phi) is 4.75. The van der Waals surface area contributed by atoms with E-state index in [-0.39, 0.29) is 17.2 Å². The van der Waals surface area contributed by atoms with Crippen LogP contribution in [0.2, 0.25) is 5.02 Å². The maximum Gasteiger partial charge on any atom is 0.243 e. The molecule has 1 saturated heterocycles. The predicted octanol–water partition coefficient (Wildman–Crippen LogP) is 5.90. The standard InChI is InChI=1S/C22H18ClNOS/c1-15-7-13-18(14-8-15)24-20(16-9-11-17(23)12-10-16)21(22(24)25)26-19-5-3-2-4-6-19/h2-14,20-21H,1H3/t20-,21-/m1/s1. The summed E-state index contributed by atoms with van der Waals surface area (Å²) in [5.74, 6) is 0.141. The van der Waals surface area contributed by atoms with E-state index in [2.05, 4.69) is 0 Å². The molecule has 1 heterocycles. The maximum atomic E-state index is 13.0. The SMILES string of the molecule is Cc1ccc(N2C(=O)[C@H](Sc3ccccc3)[C@H]2c2ccc(Cl)cc2)cc1. The molecule has 1 aliphatic rings. The van der Waals surface area contributed by atoms with Crippen LogP contribution in [-0.2, 0) is 4.79 Å². The second-order valence-electron chi connectivity index (χ2n) is 6.39. The molecule has 0 aromatic heterocycles. The Bertz CT molecular complexity index is 909. The zero-order chi connectivity index (χ0) is 18.1. The van der Waals surface area contributed by atoms with Gasteiger partial charge >= 0.3 is 0 Å². The van der Waals surface area contributed by atoms with Crippen molar-refractivity contribution in [2.45, 2.75) is 23.1 Å². The fraction of sp³-hybridized carbons (Fsp3) is 0.136. The summed E-state index contributed by atoms with van der Waals surface area (Å²) in [5.41, 5.74) is 3.22. The van der Waals surface area contributed by atoms with Crippen molar-refractivity contribution >= 4 is 35.0 Å². The van der Waals surface area contributed by atoms with Crippen molar-refractivity contribution < 1.29 is 4.79 Å². The number of nitrogens with zero attached hydrogens (tertiary/aromatic N) is 1. The smallest absolute Gasteiger partial charge is 0.243 e. The number of aryl methyl sites for hydroxylation is 1. The first-order valence-electron chi connectivity index (χ1n) is 8.50. The highest BCUT2D eigenvalue weighted by atomic mass is 35.5. The van der Waals surface area contributed by atoms with Gasteiger partial charge in [0.15, 0.2) is 0 Å². The van der Waals surface area contributed by atoms with E-state index >= 15 is 0 Å². The normalized spacial score (nSPS) is 19.3. The number of anilines is 1. The van der Waals surface area contributed by atoms with Crippen LogP contribution in [-0.4, -0.2) is 11.2 Å². The largest absolute Gasteiger partial charge is 0.302 e. The Morgan fingerprint density at radius 2 is 1.54 bits per heavy atom. The van der Waals surface area contributed by atoms with Crippen LogP contribution in [0.5, 0.6) is 0 Å². The monoisotopic (exact) mass is 379 g/mol. The third-order valence-corrected chi connectivity index (χ3v) is 6.09. The van der Waals surface area contributed by atoms with Crippen LogP contribution in [0.1, 0.15) is 17.2 Å². The lowest BCUT2D eigenvalue weighted by atomic mass is 9.92. The van der Waals surface area contributed by atoms with Crippen LogP contribution in [0.3, 0.4) is 0 Å². The summed E-state index contributed by atoms with van der Waals surface area (Å²) in [7, 11) is 0. The first kappa shape index (κ1) is 17.2. The van der Waals surface area contributed by atoms with Crippen molar-refractivity contribution in [3.63, 3.8) is 0 Å². The highest BCUT2D eigenvalue weighted by Crippen LogP contribution is 2.47. The lowest BCUT2D eigenvalue weighted by Crippen LogP contribution is -2.57. The quantitative estimate of drug-likeness (QED) is 0.526. The number of carbonyl (C=O) groups excluding carboxylic acids is 1. The Morgan fingerprint density at radius 3 is 2.19 bits per heavy atom. The van der Waals surface area contributed by atoms with E-state index in [0.29, 0.717) is 5.02 Å². The van der Waals surface area contributed by atoms with Crippen LogP contribution < -0.4 is 4.90 Å². The maximum absolute atomic E-state index is 13.0. The van der Waals surface area contributed by atoms with Gasteiger partial charge in [0.25, 0.3) is 0 Å². The van der Waals surface area contributed by atoms with Gasteiger partial charge in [-0.2, -0.15) is 0 Å². The van der Waals surface area contributed by atoms with Crippen molar-refractivity contribution in [1.82, 2.24) is 0 Å². The third-order valence-electron chi connectivity index (χ3n) is 4.58. The molecule has 26 heavy (non-hydrogen) atoms. The summed E-state index contributed by atoms with van der Waals surface area (Å²) in [4.78, 5) is 16.0. The topological polar surface area (TPSA) is 20.3 Å². The minimum atomic E-state index is -0.139. The Morgan fingerprint density at radius 1 is 0.885 bits per heavy atom. The molecule has 1 aliphatic heterocycles. The van der Waals surface area contributed by atoms with Crippen molar-refractivity contribution in [3.05, 3.63) is 95.0 Å². The average molecular weight is 380 g/mol. The molecule has 2 atom stereocenters. The molecule has 0 bridgehead atoms. The molecule has 0 spiro atoms. The first-order valence-corrected chi connectivity index (χ1v) is 9.76. The first-order chi connectivity index (χ1) is 12.6. The Balaban J connectivity index is 1.68. The molecule has 2 nitrogen and oxygen atoms in total. The highest BCUT2D eigenvalue weighted by Gasteiger charge is 2.49. The van der Waals surface area contributed by atoms with Crippen molar-refractivity contribution in [2.75, 3.05) is 4.90 Å². The van der Waals surface area contributed by atoms with Gasteiger partial charge in [-0.25, -0.2) is 0 Å². The minimum Gasteiger partial charge on any atom is -0.302 e. The van der Waals surface area contributed by atoms with Gasteiger partial charge in [-0.05, 0) is 48.9 Å². The molecule has 1 amide bonds. The van der Waals surface area contributed by atoms with Crippen LogP contribution >= 0.6 is 23.4 Å². The molecule has 3 aromatic carbocycles. The van der Waals surface area contributed by atoms with Gasteiger partial charge in [0.2, 0.25) is 5.91 Å². The second kappa shape index (κ2) is 7.18. The van der Waals surface area contributed by atoms with E-state index in [1.807, 2.05) is 90.7 Å². The number of halogens is 1. The zero-order valence-corrected chi connectivity index (χ0v) is 15.9. The van der Waals surface area contributed by atoms with Crippen LogP contribution in [0.25, 0.3) is 0 Å². The number of β-lactam (4-membered cyclic amide) rings is 1. The van der Waals surface area contributed by atoms with E-state index < -0.39 is 0 Å². The van der Waals surface area contributed by atoms with E-state index in [1.54, 1.807) is 11.8 Å². The third kappa shape index (κ3) is 3.25. The molecule has 130 valence electrons. The molecule has 0 unspecified atom stereocenters. The molecular weight excluding hydrogens is 362 g/mol. The number of amides is 1. The van der Waals surface area contributed by atoms with Gasteiger partial charge in [-0.3, -0.25) is 4.79 Å². The van der Waals surface area contributed by atoms with E-state index in [0.717, 1.165) is 16.1 Å². The number of rotatable bonds is 4. The molecule has 0 radical (unpaired) electrons. The molecular formula is C22H18ClNOS. The predicted molar refractivity (Wildman–Crippen MR) is 109 cm³/mol. The van der Waals surface area contributed by atoms with E-state index in [9.17, 15) is 4.79 Å². The van der Waals surface area contributed by atoms with Gasteiger partial charge in [0, 0.05) is 15.6 Å². The average Bonchev–Trinajstić information content (AvgIpc) is 2.67. The van der Waals surface area contributed by atoms with Crippen LogP contribution in [0.4, 0.5) is 5.69 Å². The minimum absolute atomic E-state index is 0.00678.